The van der Waals surface area contributed by atoms with Crippen molar-refractivity contribution in [3.05, 3.63) is 90.5 Å². The minimum Gasteiger partial charge on any atom is -0.364 e. The number of imidazole rings is 1. The van der Waals surface area contributed by atoms with E-state index in [0.717, 1.165) is 0 Å². The molecule has 0 amide bonds. The van der Waals surface area contributed by atoms with Crippen LogP contribution in [0.25, 0.3) is 0 Å². The number of aromatic nitrogens is 2. The Morgan fingerprint density at radius 1 is 0.842 bits per heavy atom. The molecule has 92 valence electrons. The average molecular weight is 262 g/mol. The van der Waals surface area contributed by atoms with E-state index in [-0.39, 0.29) is 0 Å². The van der Waals surface area contributed by atoms with Crippen molar-refractivity contribution in [2.75, 3.05) is 0 Å². The van der Waals surface area contributed by atoms with Crippen molar-refractivity contribution in [1.82, 2.24) is 9.22 Å². The summed E-state index contributed by atoms with van der Waals surface area (Å²) in [4.78, 5) is 4.13. The van der Waals surface area contributed by atoms with E-state index >= 15 is 0 Å². The van der Waals surface area contributed by atoms with Crippen molar-refractivity contribution in [1.29, 1.82) is 0 Å². The zero-order chi connectivity index (χ0) is 12.9. The van der Waals surface area contributed by atoms with E-state index in [4.69, 9.17) is 0 Å². The van der Waals surface area contributed by atoms with Crippen LogP contribution in [0.2, 0.25) is 0 Å². The third-order valence-electron chi connectivity index (χ3n) is 3.05. The van der Waals surface area contributed by atoms with Gasteiger partial charge in [-0.1, -0.05) is 60.7 Å². The van der Waals surface area contributed by atoms with Crippen molar-refractivity contribution >= 4 is 9.68 Å². The predicted molar refractivity (Wildman–Crippen MR) is 78.1 cm³/mol. The fourth-order valence-electron chi connectivity index (χ4n) is 2.12. The van der Waals surface area contributed by atoms with Gasteiger partial charge in [-0.3, -0.25) is 0 Å². The SMILES string of the molecule is c1ccc(C([Si]n2ccnc2)c2ccccc2)cc1. The van der Waals surface area contributed by atoms with Gasteiger partial charge < -0.3 is 4.23 Å². The quantitative estimate of drug-likeness (QED) is 0.660. The first-order chi connectivity index (χ1) is 9.43. The molecule has 0 aliphatic carbocycles. The molecule has 2 nitrogen and oxygen atoms in total. The second kappa shape index (κ2) is 5.67. The Kier molecular flexibility index (Phi) is 3.56. The van der Waals surface area contributed by atoms with Crippen molar-refractivity contribution < 1.29 is 0 Å². The molecule has 0 saturated carbocycles. The van der Waals surface area contributed by atoms with Gasteiger partial charge in [0.25, 0.3) is 0 Å². The monoisotopic (exact) mass is 262 g/mol. The second-order valence-corrected chi connectivity index (χ2v) is 5.71. The van der Waals surface area contributed by atoms with Crippen LogP contribution in [0.3, 0.4) is 0 Å². The summed E-state index contributed by atoms with van der Waals surface area (Å²) < 4.78 is 2.16. The maximum absolute atomic E-state index is 4.13. The highest BCUT2D eigenvalue weighted by atomic mass is 28.2. The van der Waals surface area contributed by atoms with Gasteiger partial charge in [0, 0.05) is 17.9 Å². The molecule has 1 heterocycles. The fourth-order valence-corrected chi connectivity index (χ4v) is 3.38. The summed E-state index contributed by atoms with van der Waals surface area (Å²) in [6, 6.07) is 21.3. The maximum Gasteiger partial charge on any atom is 0.200 e. The molecule has 0 spiro atoms. The molecular formula is C16H14N2Si. The second-order valence-electron chi connectivity index (χ2n) is 4.35. The Morgan fingerprint density at radius 3 is 1.89 bits per heavy atom. The van der Waals surface area contributed by atoms with Crippen molar-refractivity contribution in [2.24, 2.45) is 0 Å². The number of hydrogen-bond acceptors (Lipinski definition) is 1. The topological polar surface area (TPSA) is 17.8 Å². The third-order valence-corrected chi connectivity index (χ3v) is 4.54. The Labute approximate surface area is 115 Å². The Bertz CT molecular complexity index is 566. The summed E-state index contributed by atoms with van der Waals surface area (Å²) in [5, 5.41) is 0. The van der Waals surface area contributed by atoms with Crippen LogP contribution in [0.5, 0.6) is 0 Å². The van der Waals surface area contributed by atoms with E-state index in [1.165, 1.54) is 11.1 Å². The summed E-state index contributed by atoms with van der Waals surface area (Å²) in [5.41, 5.74) is 3.08. The van der Waals surface area contributed by atoms with Crippen LogP contribution in [-0.2, 0) is 0 Å². The molecule has 0 N–H and O–H groups in total. The molecule has 2 radical (unpaired) electrons. The van der Waals surface area contributed by atoms with Crippen molar-refractivity contribution in [3.63, 3.8) is 0 Å². The van der Waals surface area contributed by atoms with Crippen molar-refractivity contribution in [3.8, 4) is 0 Å². The van der Waals surface area contributed by atoms with Crippen molar-refractivity contribution in [2.45, 2.75) is 5.54 Å². The molecule has 0 aliphatic heterocycles. The van der Waals surface area contributed by atoms with E-state index in [1.807, 2.05) is 18.7 Å². The van der Waals surface area contributed by atoms with E-state index in [2.05, 4.69) is 69.9 Å². The van der Waals surface area contributed by atoms with Gasteiger partial charge in [0.1, 0.15) is 0 Å². The lowest BCUT2D eigenvalue weighted by Gasteiger charge is -2.17. The van der Waals surface area contributed by atoms with Gasteiger partial charge >= 0.3 is 0 Å². The molecular weight excluding hydrogens is 248 g/mol. The van der Waals surface area contributed by atoms with E-state index in [9.17, 15) is 0 Å². The standard InChI is InChI=1S/C16H14N2Si/c1-3-7-14(8-4-1)16(15-9-5-2-6-10-15)19-18-12-11-17-13-18/h1-13,16H. The Morgan fingerprint density at radius 2 is 1.42 bits per heavy atom. The predicted octanol–water partition coefficient (Wildman–Crippen LogP) is 3.14. The van der Waals surface area contributed by atoms with Crippen LogP contribution in [0.4, 0.5) is 0 Å². The molecule has 3 rings (SSSR count). The zero-order valence-electron chi connectivity index (χ0n) is 10.5. The largest absolute Gasteiger partial charge is 0.364 e. The minimum absolute atomic E-state index is 0.386. The van der Waals surface area contributed by atoms with Gasteiger partial charge in [-0.05, 0) is 11.1 Å². The Balaban J connectivity index is 1.96. The van der Waals surface area contributed by atoms with Gasteiger partial charge in [-0.15, -0.1) is 0 Å². The van der Waals surface area contributed by atoms with E-state index < -0.39 is 0 Å². The molecule has 3 heteroatoms. The summed E-state index contributed by atoms with van der Waals surface area (Å²) in [5.74, 6) is 0. The molecule has 0 saturated heterocycles. The molecule has 3 aromatic rings. The maximum atomic E-state index is 4.13. The van der Waals surface area contributed by atoms with Gasteiger partial charge in [0.2, 0.25) is 9.68 Å². The highest BCUT2D eigenvalue weighted by Gasteiger charge is 2.16. The highest BCUT2D eigenvalue weighted by Crippen LogP contribution is 2.23. The average Bonchev–Trinajstić information content (AvgIpc) is 3.00. The van der Waals surface area contributed by atoms with Gasteiger partial charge in [-0.25, -0.2) is 4.98 Å². The summed E-state index contributed by atoms with van der Waals surface area (Å²) in [6.45, 7) is 0. The van der Waals surface area contributed by atoms with Crippen LogP contribution >= 0.6 is 0 Å². The Hall–Kier alpha value is -2.13. The van der Waals surface area contributed by atoms with Crippen LogP contribution in [-0.4, -0.2) is 18.9 Å². The summed E-state index contributed by atoms with van der Waals surface area (Å²) in [6.07, 6.45) is 5.74. The zero-order valence-corrected chi connectivity index (χ0v) is 11.5. The molecule has 0 bridgehead atoms. The van der Waals surface area contributed by atoms with Gasteiger partial charge in [0.05, 0.1) is 6.33 Å². The van der Waals surface area contributed by atoms with Crippen LogP contribution in [0.1, 0.15) is 16.7 Å². The first kappa shape index (κ1) is 11.9. The van der Waals surface area contributed by atoms with E-state index in [0.29, 0.717) is 15.2 Å². The molecule has 1 aromatic heterocycles. The normalized spacial score (nSPS) is 10.8. The molecule has 0 fully saturated rings. The molecule has 19 heavy (non-hydrogen) atoms. The van der Waals surface area contributed by atoms with Crippen LogP contribution < -0.4 is 0 Å². The lowest BCUT2D eigenvalue weighted by Crippen LogP contribution is -2.16. The molecule has 0 atom stereocenters. The first-order valence-corrected chi connectivity index (χ1v) is 7.30. The summed E-state index contributed by atoms with van der Waals surface area (Å²) in [7, 11) is 0.629. The lowest BCUT2D eigenvalue weighted by atomic mass is 10.0. The van der Waals surface area contributed by atoms with Crippen LogP contribution in [0, 0.1) is 0 Å². The van der Waals surface area contributed by atoms with E-state index in [1.54, 1.807) is 0 Å². The van der Waals surface area contributed by atoms with Gasteiger partial charge in [-0.2, -0.15) is 0 Å². The summed E-state index contributed by atoms with van der Waals surface area (Å²) >= 11 is 0. The smallest absolute Gasteiger partial charge is 0.200 e. The third kappa shape index (κ3) is 2.82. The highest BCUT2D eigenvalue weighted by molar-refractivity contribution is 6.37. The first-order valence-electron chi connectivity index (χ1n) is 6.28. The molecule has 2 aromatic carbocycles. The minimum atomic E-state index is 0.386. The fraction of sp³-hybridized carbons (Fsp3) is 0.0625. The molecule has 0 unspecified atom stereocenters. The number of rotatable bonds is 4. The van der Waals surface area contributed by atoms with Gasteiger partial charge in [0.15, 0.2) is 0 Å². The lowest BCUT2D eigenvalue weighted by molar-refractivity contribution is 1.06. The molecule has 0 aliphatic rings. The van der Waals surface area contributed by atoms with Crippen LogP contribution in [0.15, 0.2) is 79.4 Å². The number of benzene rings is 2. The number of nitrogens with zero attached hydrogens (tertiary/aromatic N) is 2. The number of hydrogen-bond donors (Lipinski definition) is 0.